The molecule has 146 valence electrons. The Morgan fingerprint density at radius 3 is 2.37 bits per heavy atom. The lowest BCUT2D eigenvalue weighted by atomic mass is 9.86. The number of carbonyl (C=O) groups is 1. The monoisotopic (exact) mass is 371 g/mol. The minimum atomic E-state index is -0.246. The molecule has 5 nitrogen and oxygen atoms in total. The summed E-state index contributed by atoms with van der Waals surface area (Å²) in [6.07, 6.45) is 0. The van der Waals surface area contributed by atoms with Gasteiger partial charge in [-0.3, -0.25) is 4.79 Å². The van der Waals surface area contributed by atoms with Gasteiger partial charge in [-0.05, 0) is 42.2 Å². The number of amides is 1. The number of rotatable bonds is 7. The van der Waals surface area contributed by atoms with Crippen molar-refractivity contribution in [3.05, 3.63) is 53.6 Å². The fourth-order valence-electron chi connectivity index (χ4n) is 2.89. The van der Waals surface area contributed by atoms with Crippen molar-refractivity contribution in [1.82, 2.24) is 5.32 Å². The van der Waals surface area contributed by atoms with Crippen molar-refractivity contribution in [2.45, 2.75) is 39.2 Å². The number of hydrogen-bond donors (Lipinski definition) is 1. The van der Waals surface area contributed by atoms with Crippen molar-refractivity contribution < 1.29 is 19.0 Å². The molecule has 0 aliphatic carbocycles. The second-order valence-electron chi connectivity index (χ2n) is 7.43. The van der Waals surface area contributed by atoms with E-state index >= 15 is 0 Å². The maximum absolute atomic E-state index is 12.4. The van der Waals surface area contributed by atoms with Crippen molar-refractivity contribution >= 4 is 5.91 Å². The van der Waals surface area contributed by atoms with Crippen molar-refractivity contribution in [2.75, 3.05) is 20.8 Å². The Kier molecular flexibility index (Phi) is 6.72. The van der Waals surface area contributed by atoms with Crippen LogP contribution in [0.2, 0.25) is 0 Å². The number of benzene rings is 2. The lowest BCUT2D eigenvalue weighted by Gasteiger charge is -2.23. The van der Waals surface area contributed by atoms with Crippen LogP contribution in [0.4, 0.5) is 0 Å². The average molecular weight is 371 g/mol. The molecule has 0 aliphatic heterocycles. The zero-order valence-corrected chi connectivity index (χ0v) is 17.0. The van der Waals surface area contributed by atoms with E-state index in [9.17, 15) is 4.79 Å². The predicted molar refractivity (Wildman–Crippen MR) is 107 cm³/mol. The van der Waals surface area contributed by atoms with Crippen LogP contribution in [-0.4, -0.2) is 26.7 Å². The van der Waals surface area contributed by atoms with Crippen LogP contribution in [0.1, 0.15) is 44.9 Å². The molecule has 5 heteroatoms. The molecule has 0 aliphatic rings. The van der Waals surface area contributed by atoms with Gasteiger partial charge in [0.15, 0.2) is 6.61 Å². The third-order valence-corrected chi connectivity index (χ3v) is 4.33. The lowest BCUT2D eigenvalue weighted by Crippen LogP contribution is -2.31. The summed E-state index contributed by atoms with van der Waals surface area (Å²) < 4.78 is 16.5. The summed E-state index contributed by atoms with van der Waals surface area (Å²) in [5.41, 5.74) is 1.86. The zero-order valence-electron chi connectivity index (χ0n) is 17.0. The molecule has 2 aromatic rings. The normalized spacial score (nSPS) is 12.2. The molecule has 1 amide bonds. The maximum Gasteiger partial charge on any atom is 0.258 e. The SMILES string of the molecule is COc1ccc(OC)c([C@@H](C)NC(=O)COc2ccccc2C(C)(C)C)c1. The number of ether oxygens (including phenoxy) is 3. The van der Waals surface area contributed by atoms with Crippen LogP contribution in [0.25, 0.3) is 0 Å². The molecule has 0 unspecified atom stereocenters. The lowest BCUT2D eigenvalue weighted by molar-refractivity contribution is -0.123. The molecule has 0 saturated heterocycles. The van der Waals surface area contributed by atoms with Crippen LogP contribution in [-0.2, 0) is 10.2 Å². The van der Waals surface area contributed by atoms with Gasteiger partial charge in [-0.25, -0.2) is 0 Å². The standard InChI is InChI=1S/C22H29NO4/c1-15(17-13-16(25-5)11-12-19(17)26-6)23-21(24)14-27-20-10-8-7-9-18(20)22(2,3)4/h7-13,15H,14H2,1-6H3,(H,23,24)/t15-/m1/s1. The molecule has 0 heterocycles. The molecule has 0 spiro atoms. The first kappa shape index (κ1) is 20.6. The van der Waals surface area contributed by atoms with E-state index in [1.807, 2.05) is 49.4 Å². The first-order valence-corrected chi connectivity index (χ1v) is 9.00. The van der Waals surface area contributed by atoms with Gasteiger partial charge in [-0.1, -0.05) is 39.0 Å². The van der Waals surface area contributed by atoms with E-state index in [0.717, 1.165) is 16.9 Å². The fourth-order valence-corrected chi connectivity index (χ4v) is 2.89. The van der Waals surface area contributed by atoms with E-state index in [0.29, 0.717) is 11.5 Å². The van der Waals surface area contributed by atoms with Gasteiger partial charge in [0.25, 0.3) is 5.91 Å². The summed E-state index contributed by atoms with van der Waals surface area (Å²) in [5.74, 6) is 1.94. The van der Waals surface area contributed by atoms with Crippen LogP contribution in [0.15, 0.2) is 42.5 Å². The second kappa shape index (κ2) is 8.80. The molecule has 0 radical (unpaired) electrons. The average Bonchev–Trinajstić information content (AvgIpc) is 2.65. The summed E-state index contributed by atoms with van der Waals surface area (Å²) in [7, 11) is 3.21. The van der Waals surface area contributed by atoms with Crippen molar-refractivity contribution in [3.63, 3.8) is 0 Å². The predicted octanol–water partition coefficient (Wildman–Crippen LogP) is 4.26. The summed E-state index contributed by atoms with van der Waals surface area (Å²) in [4.78, 5) is 12.4. The van der Waals surface area contributed by atoms with Crippen LogP contribution < -0.4 is 19.5 Å². The summed E-state index contributed by atoms with van der Waals surface area (Å²) >= 11 is 0. The van der Waals surface area contributed by atoms with Gasteiger partial charge in [0, 0.05) is 5.56 Å². The van der Waals surface area contributed by atoms with Gasteiger partial charge in [-0.15, -0.1) is 0 Å². The molecule has 0 aromatic heterocycles. The Morgan fingerprint density at radius 1 is 1.04 bits per heavy atom. The van der Waals surface area contributed by atoms with Gasteiger partial charge >= 0.3 is 0 Å². The van der Waals surface area contributed by atoms with E-state index in [-0.39, 0.29) is 24.0 Å². The van der Waals surface area contributed by atoms with Crippen molar-refractivity contribution in [3.8, 4) is 17.2 Å². The van der Waals surface area contributed by atoms with E-state index in [2.05, 4.69) is 26.1 Å². The van der Waals surface area contributed by atoms with Crippen LogP contribution in [0.3, 0.4) is 0 Å². The molecule has 1 atom stereocenters. The quantitative estimate of drug-likeness (QED) is 0.790. The van der Waals surface area contributed by atoms with Gasteiger partial charge < -0.3 is 19.5 Å². The third-order valence-electron chi connectivity index (χ3n) is 4.33. The second-order valence-corrected chi connectivity index (χ2v) is 7.43. The summed E-state index contributed by atoms with van der Waals surface area (Å²) in [6, 6.07) is 13.1. The van der Waals surface area contributed by atoms with E-state index in [4.69, 9.17) is 14.2 Å². The van der Waals surface area contributed by atoms with Gasteiger partial charge in [0.1, 0.15) is 17.2 Å². The number of carbonyl (C=O) groups excluding carboxylic acids is 1. The van der Waals surface area contributed by atoms with E-state index in [1.165, 1.54) is 0 Å². The van der Waals surface area contributed by atoms with E-state index < -0.39 is 0 Å². The Labute approximate surface area is 161 Å². The Morgan fingerprint density at radius 2 is 1.74 bits per heavy atom. The third kappa shape index (κ3) is 5.39. The van der Waals surface area contributed by atoms with Gasteiger partial charge in [-0.2, -0.15) is 0 Å². The molecule has 0 saturated carbocycles. The molecule has 1 N–H and O–H groups in total. The molecule has 0 bridgehead atoms. The number of nitrogens with one attached hydrogen (secondary N) is 1. The van der Waals surface area contributed by atoms with Crippen LogP contribution in [0, 0.1) is 0 Å². The molecule has 2 aromatic carbocycles. The fraction of sp³-hybridized carbons (Fsp3) is 0.409. The number of methoxy groups -OCH3 is 2. The molecule has 27 heavy (non-hydrogen) atoms. The highest BCUT2D eigenvalue weighted by molar-refractivity contribution is 5.78. The summed E-state index contributed by atoms with van der Waals surface area (Å²) in [6.45, 7) is 8.20. The Balaban J connectivity index is 2.05. The van der Waals surface area contributed by atoms with Gasteiger partial charge in [0.2, 0.25) is 0 Å². The largest absolute Gasteiger partial charge is 0.497 e. The number of hydrogen-bond acceptors (Lipinski definition) is 4. The summed E-state index contributed by atoms with van der Waals surface area (Å²) in [5, 5.41) is 2.95. The minimum Gasteiger partial charge on any atom is -0.497 e. The first-order chi connectivity index (χ1) is 12.8. The highest BCUT2D eigenvalue weighted by atomic mass is 16.5. The topological polar surface area (TPSA) is 56.8 Å². The molecular formula is C22H29NO4. The Bertz CT molecular complexity index is 780. The van der Waals surface area contributed by atoms with E-state index in [1.54, 1.807) is 14.2 Å². The van der Waals surface area contributed by atoms with Crippen LogP contribution >= 0.6 is 0 Å². The minimum absolute atomic E-state index is 0.0519. The molecular weight excluding hydrogens is 342 g/mol. The highest BCUT2D eigenvalue weighted by Crippen LogP contribution is 2.31. The zero-order chi connectivity index (χ0) is 20.0. The van der Waals surface area contributed by atoms with Crippen LogP contribution in [0.5, 0.6) is 17.2 Å². The molecule has 2 rings (SSSR count). The highest BCUT2D eigenvalue weighted by Gasteiger charge is 2.20. The molecule has 0 fully saturated rings. The maximum atomic E-state index is 12.4. The smallest absolute Gasteiger partial charge is 0.258 e. The number of para-hydroxylation sites is 1. The first-order valence-electron chi connectivity index (χ1n) is 9.00. The van der Waals surface area contributed by atoms with Crippen molar-refractivity contribution in [1.29, 1.82) is 0 Å². The Hall–Kier alpha value is -2.69. The van der Waals surface area contributed by atoms with Crippen molar-refractivity contribution in [2.24, 2.45) is 0 Å². The van der Waals surface area contributed by atoms with Gasteiger partial charge in [0.05, 0.1) is 20.3 Å².